The van der Waals surface area contributed by atoms with Gasteiger partial charge in [0.25, 0.3) is 11.8 Å². The second-order valence-electron chi connectivity index (χ2n) is 10.6. The first kappa shape index (κ1) is 25.3. The van der Waals surface area contributed by atoms with Crippen LogP contribution >= 0.6 is 11.3 Å². The Morgan fingerprint density at radius 2 is 1.71 bits per heavy atom. The summed E-state index contributed by atoms with van der Waals surface area (Å²) in [6.45, 7) is 8.05. The molecule has 5 aromatic rings. The molecule has 0 saturated heterocycles. The Bertz CT molecular complexity index is 1990. The van der Waals surface area contributed by atoms with Gasteiger partial charge in [-0.3, -0.25) is 19.3 Å². The number of hydrogen-bond acceptors (Lipinski definition) is 7. The molecule has 1 atom stereocenters. The first-order valence-electron chi connectivity index (χ1n) is 13.5. The summed E-state index contributed by atoms with van der Waals surface area (Å²) in [4.78, 5) is 46.7. The van der Waals surface area contributed by atoms with Gasteiger partial charge in [-0.15, -0.1) is 10.2 Å². The largest absolute Gasteiger partial charge is 0.450 e. The number of para-hydroxylation sites is 1. The quantitative estimate of drug-likeness (QED) is 0.284. The topological polar surface area (TPSA) is 96.6 Å². The van der Waals surface area contributed by atoms with Crippen molar-refractivity contribution in [3.63, 3.8) is 0 Å². The second-order valence-corrected chi connectivity index (χ2v) is 11.7. The SMILES string of the molecule is CCc1nnc(N2C(=O)c3oc4cc(C)c(C)cc4c(=O)c3C23C(=O)N(Cc2cccc(C)c2)c2ccccc23)s1. The summed E-state index contributed by atoms with van der Waals surface area (Å²) in [5.74, 6) is -1.13. The van der Waals surface area contributed by atoms with Crippen molar-refractivity contribution in [3.05, 3.63) is 115 Å². The van der Waals surface area contributed by atoms with Crippen molar-refractivity contribution in [2.45, 2.75) is 46.2 Å². The van der Waals surface area contributed by atoms with Gasteiger partial charge < -0.3 is 9.32 Å². The van der Waals surface area contributed by atoms with Gasteiger partial charge in [0.1, 0.15) is 10.6 Å². The number of fused-ring (bicyclic) bond motifs is 5. The van der Waals surface area contributed by atoms with Crippen LogP contribution in [0.15, 0.2) is 69.9 Å². The Morgan fingerprint density at radius 1 is 0.927 bits per heavy atom. The average Bonchev–Trinajstić information content (AvgIpc) is 3.60. The van der Waals surface area contributed by atoms with E-state index in [9.17, 15) is 14.4 Å². The fourth-order valence-corrected chi connectivity index (χ4v) is 6.88. The number of carbonyl (C=O) groups is 2. The third kappa shape index (κ3) is 3.42. The molecule has 1 unspecified atom stereocenters. The summed E-state index contributed by atoms with van der Waals surface area (Å²) in [5, 5.41) is 9.87. The number of hydrogen-bond donors (Lipinski definition) is 0. The molecule has 9 heteroatoms. The van der Waals surface area contributed by atoms with Crippen molar-refractivity contribution in [3.8, 4) is 0 Å². The maximum Gasteiger partial charge on any atom is 0.297 e. The number of aromatic nitrogens is 2. The van der Waals surface area contributed by atoms with E-state index >= 15 is 0 Å². The molecular formula is C32H26N4O4S. The molecule has 0 fully saturated rings. The molecule has 2 aliphatic rings. The van der Waals surface area contributed by atoms with Crippen LogP contribution < -0.4 is 15.2 Å². The summed E-state index contributed by atoms with van der Waals surface area (Å²) < 4.78 is 6.23. The van der Waals surface area contributed by atoms with Crippen LogP contribution in [0.3, 0.4) is 0 Å². The van der Waals surface area contributed by atoms with E-state index in [4.69, 9.17) is 4.42 Å². The van der Waals surface area contributed by atoms with Gasteiger partial charge in [-0.2, -0.15) is 0 Å². The molecule has 2 aromatic heterocycles. The minimum atomic E-state index is -1.79. The summed E-state index contributed by atoms with van der Waals surface area (Å²) in [6.07, 6.45) is 0.614. The minimum Gasteiger partial charge on any atom is -0.450 e. The molecule has 3 aromatic carbocycles. The van der Waals surface area contributed by atoms with Crippen LogP contribution in [0.1, 0.15) is 55.9 Å². The van der Waals surface area contributed by atoms with E-state index in [1.165, 1.54) is 16.2 Å². The van der Waals surface area contributed by atoms with Gasteiger partial charge >= 0.3 is 0 Å². The lowest BCUT2D eigenvalue weighted by Gasteiger charge is -2.32. The van der Waals surface area contributed by atoms with Gasteiger partial charge in [0.05, 0.1) is 23.2 Å². The summed E-state index contributed by atoms with van der Waals surface area (Å²) in [5.41, 5.74) is 3.15. The van der Waals surface area contributed by atoms with Gasteiger partial charge in [0.2, 0.25) is 10.9 Å². The Balaban J connectivity index is 1.56. The number of rotatable bonds is 4. The Hall–Kier alpha value is -4.63. The molecular weight excluding hydrogens is 536 g/mol. The van der Waals surface area contributed by atoms with Gasteiger partial charge in [0.15, 0.2) is 11.0 Å². The van der Waals surface area contributed by atoms with Gasteiger partial charge in [-0.1, -0.05) is 66.3 Å². The predicted octanol–water partition coefficient (Wildman–Crippen LogP) is 5.58. The number of aryl methyl sites for hydroxylation is 4. The zero-order valence-corrected chi connectivity index (χ0v) is 23.8. The second kappa shape index (κ2) is 8.94. The molecule has 7 rings (SSSR count). The molecule has 4 heterocycles. The van der Waals surface area contributed by atoms with E-state index in [1.807, 2.05) is 76.2 Å². The monoisotopic (exact) mass is 562 g/mol. The van der Waals surface area contributed by atoms with Crippen molar-refractivity contribution >= 4 is 44.9 Å². The molecule has 204 valence electrons. The van der Waals surface area contributed by atoms with E-state index in [0.29, 0.717) is 33.6 Å². The fraction of sp³-hybridized carbons (Fsp3) is 0.219. The lowest BCUT2D eigenvalue weighted by molar-refractivity contribution is -0.121. The average molecular weight is 563 g/mol. The van der Waals surface area contributed by atoms with Crippen LogP contribution in [0.2, 0.25) is 0 Å². The Kier molecular flexibility index (Phi) is 5.53. The Labute approximate surface area is 239 Å². The smallest absolute Gasteiger partial charge is 0.297 e. The molecule has 0 radical (unpaired) electrons. The first-order valence-corrected chi connectivity index (χ1v) is 14.3. The van der Waals surface area contributed by atoms with Crippen LogP contribution in [0.5, 0.6) is 0 Å². The minimum absolute atomic E-state index is 0.0238. The van der Waals surface area contributed by atoms with Crippen LogP contribution in [-0.2, 0) is 23.3 Å². The number of carbonyl (C=O) groups excluding carboxylic acids is 2. The van der Waals surface area contributed by atoms with Crippen molar-refractivity contribution < 1.29 is 14.0 Å². The lowest BCUT2D eigenvalue weighted by Crippen LogP contribution is -2.53. The summed E-state index contributed by atoms with van der Waals surface area (Å²) in [7, 11) is 0. The highest BCUT2D eigenvalue weighted by atomic mass is 32.1. The van der Waals surface area contributed by atoms with Crippen LogP contribution in [0, 0.1) is 20.8 Å². The van der Waals surface area contributed by atoms with Gasteiger partial charge in [0, 0.05) is 5.56 Å². The van der Waals surface area contributed by atoms with Crippen LogP contribution in [0.4, 0.5) is 10.8 Å². The van der Waals surface area contributed by atoms with Crippen molar-refractivity contribution in [1.82, 2.24) is 10.2 Å². The van der Waals surface area contributed by atoms with Crippen molar-refractivity contribution in [2.75, 3.05) is 9.80 Å². The number of anilines is 2. The van der Waals surface area contributed by atoms with Gasteiger partial charge in [-0.25, -0.2) is 0 Å². The first-order chi connectivity index (χ1) is 19.7. The molecule has 0 aliphatic carbocycles. The number of benzene rings is 3. The predicted molar refractivity (Wildman–Crippen MR) is 158 cm³/mol. The van der Waals surface area contributed by atoms with E-state index < -0.39 is 22.8 Å². The van der Waals surface area contributed by atoms with E-state index in [-0.39, 0.29) is 23.0 Å². The number of nitrogens with zero attached hydrogens (tertiary/aromatic N) is 4. The molecule has 0 bridgehead atoms. The molecule has 2 aliphatic heterocycles. The van der Waals surface area contributed by atoms with Gasteiger partial charge in [-0.05, 0) is 62.1 Å². The highest BCUT2D eigenvalue weighted by molar-refractivity contribution is 7.15. The zero-order chi connectivity index (χ0) is 28.6. The maximum atomic E-state index is 15.0. The van der Waals surface area contributed by atoms with Crippen molar-refractivity contribution in [1.29, 1.82) is 0 Å². The normalized spacial score (nSPS) is 17.7. The molecule has 8 nitrogen and oxygen atoms in total. The zero-order valence-electron chi connectivity index (χ0n) is 23.0. The maximum absolute atomic E-state index is 15.0. The van der Waals surface area contributed by atoms with E-state index in [1.54, 1.807) is 17.0 Å². The number of amides is 2. The summed E-state index contributed by atoms with van der Waals surface area (Å²) >= 11 is 1.23. The third-order valence-corrected chi connectivity index (χ3v) is 9.17. The molecule has 41 heavy (non-hydrogen) atoms. The van der Waals surface area contributed by atoms with Crippen LogP contribution in [-0.4, -0.2) is 22.0 Å². The molecule has 0 N–H and O–H groups in total. The summed E-state index contributed by atoms with van der Waals surface area (Å²) in [6, 6.07) is 18.8. The Morgan fingerprint density at radius 3 is 2.46 bits per heavy atom. The molecule has 1 spiro atoms. The van der Waals surface area contributed by atoms with Crippen molar-refractivity contribution in [2.24, 2.45) is 0 Å². The van der Waals surface area contributed by atoms with Crippen LogP contribution in [0.25, 0.3) is 11.0 Å². The molecule has 0 saturated carbocycles. The standard InChI is InChI=1S/C32H26N4O4S/c1-5-25-33-34-31(41-25)36-29(38)28-26(27(37)21-14-18(3)19(4)15-24(21)40-28)32(36)22-11-6-7-12-23(22)35(30(32)39)16-20-10-8-9-17(2)13-20/h6-15H,5,16H2,1-4H3. The van der Waals surface area contributed by atoms with E-state index in [0.717, 1.165) is 22.3 Å². The highest BCUT2D eigenvalue weighted by Gasteiger charge is 2.66. The lowest BCUT2D eigenvalue weighted by atomic mass is 9.84. The highest BCUT2D eigenvalue weighted by Crippen LogP contribution is 2.54. The third-order valence-electron chi connectivity index (χ3n) is 8.11. The van der Waals surface area contributed by atoms with E-state index in [2.05, 4.69) is 10.2 Å². The molecule has 2 amide bonds. The fourth-order valence-electron chi connectivity index (χ4n) is 6.05.